The molecule has 0 spiro atoms. The maximum absolute atomic E-state index is 12.0. The van der Waals surface area contributed by atoms with Gasteiger partial charge in [-0.2, -0.15) is 0 Å². The summed E-state index contributed by atoms with van der Waals surface area (Å²) >= 11 is 0. The maximum atomic E-state index is 12.0. The number of nitrogen functional groups attached to an aromatic ring is 1. The summed E-state index contributed by atoms with van der Waals surface area (Å²) in [6.45, 7) is 3.53. The second-order valence-electron chi connectivity index (χ2n) is 4.18. The van der Waals surface area contributed by atoms with E-state index in [0.717, 1.165) is 5.56 Å². The zero-order valence-electron chi connectivity index (χ0n) is 10.7. The number of rotatable bonds is 6. The predicted octanol–water partition coefficient (Wildman–Crippen LogP) is 1.51. The summed E-state index contributed by atoms with van der Waals surface area (Å²) in [5.41, 5.74) is 7.32. The minimum Gasteiger partial charge on any atom is -0.398 e. The molecule has 1 unspecified atom stereocenters. The lowest BCUT2D eigenvalue weighted by atomic mass is 10.2. The van der Waals surface area contributed by atoms with Crippen molar-refractivity contribution in [1.82, 2.24) is 0 Å². The third kappa shape index (κ3) is 4.42. The SMILES string of the molecule is CCS(=O)(=O)CCCS(=O)c1ccc(C)cc1N. The normalized spacial score (nSPS) is 13.4. The molecular weight excluding hydrogens is 270 g/mol. The third-order valence-electron chi connectivity index (χ3n) is 2.64. The van der Waals surface area contributed by atoms with Crippen LogP contribution in [0.25, 0.3) is 0 Å². The van der Waals surface area contributed by atoms with E-state index in [4.69, 9.17) is 5.73 Å². The minimum absolute atomic E-state index is 0.0843. The molecule has 1 atom stereocenters. The van der Waals surface area contributed by atoms with Crippen LogP contribution in [0.1, 0.15) is 18.9 Å². The number of benzene rings is 1. The van der Waals surface area contributed by atoms with E-state index < -0.39 is 20.6 Å². The first kappa shape index (κ1) is 15.2. The van der Waals surface area contributed by atoms with Gasteiger partial charge in [0.1, 0.15) is 9.84 Å². The van der Waals surface area contributed by atoms with E-state index in [0.29, 0.717) is 22.8 Å². The summed E-state index contributed by atoms with van der Waals surface area (Å²) in [5.74, 6) is 0.541. The van der Waals surface area contributed by atoms with Crippen LogP contribution in [0.5, 0.6) is 0 Å². The summed E-state index contributed by atoms with van der Waals surface area (Å²) in [6, 6.07) is 5.37. The van der Waals surface area contributed by atoms with Gasteiger partial charge in [0, 0.05) is 17.2 Å². The summed E-state index contributed by atoms with van der Waals surface area (Å²) in [5, 5.41) is 0. The molecule has 0 saturated heterocycles. The number of sulfone groups is 1. The lowest BCUT2D eigenvalue weighted by Gasteiger charge is -2.06. The van der Waals surface area contributed by atoms with Crippen LogP contribution in [0.2, 0.25) is 0 Å². The van der Waals surface area contributed by atoms with E-state index in [1.165, 1.54) is 0 Å². The summed E-state index contributed by atoms with van der Waals surface area (Å²) in [6.07, 6.45) is 0.399. The number of anilines is 1. The van der Waals surface area contributed by atoms with Crippen molar-refractivity contribution >= 4 is 26.3 Å². The number of hydrogen-bond acceptors (Lipinski definition) is 4. The van der Waals surface area contributed by atoms with Gasteiger partial charge in [-0.25, -0.2) is 8.42 Å². The monoisotopic (exact) mass is 289 g/mol. The molecule has 1 rings (SSSR count). The highest BCUT2D eigenvalue weighted by Crippen LogP contribution is 2.18. The van der Waals surface area contributed by atoms with Crippen LogP contribution in [-0.2, 0) is 20.6 Å². The van der Waals surface area contributed by atoms with Crippen molar-refractivity contribution in [3.63, 3.8) is 0 Å². The smallest absolute Gasteiger partial charge is 0.150 e. The average molecular weight is 289 g/mol. The van der Waals surface area contributed by atoms with Gasteiger partial charge >= 0.3 is 0 Å². The first-order valence-corrected chi connectivity index (χ1v) is 8.94. The van der Waals surface area contributed by atoms with Gasteiger partial charge in [0.15, 0.2) is 0 Å². The van der Waals surface area contributed by atoms with Crippen molar-refractivity contribution in [2.45, 2.75) is 25.2 Å². The Hall–Kier alpha value is -0.880. The molecule has 1 aromatic rings. The van der Waals surface area contributed by atoms with E-state index in [2.05, 4.69) is 0 Å². The molecule has 0 amide bonds. The Labute approximate surface area is 111 Å². The van der Waals surface area contributed by atoms with E-state index in [1.807, 2.05) is 13.0 Å². The Balaban J connectivity index is 2.61. The topological polar surface area (TPSA) is 77.2 Å². The fourth-order valence-electron chi connectivity index (χ4n) is 1.54. The van der Waals surface area contributed by atoms with Crippen molar-refractivity contribution in [3.8, 4) is 0 Å². The van der Waals surface area contributed by atoms with Gasteiger partial charge in [-0.1, -0.05) is 13.0 Å². The largest absolute Gasteiger partial charge is 0.398 e. The van der Waals surface area contributed by atoms with Crippen molar-refractivity contribution in [1.29, 1.82) is 0 Å². The average Bonchev–Trinajstić information content (AvgIpc) is 2.28. The molecule has 6 heteroatoms. The molecule has 1 aromatic carbocycles. The highest BCUT2D eigenvalue weighted by molar-refractivity contribution is 7.91. The summed E-state index contributed by atoms with van der Waals surface area (Å²) in [7, 11) is -4.21. The Morgan fingerprint density at radius 3 is 2.56 bits per heavy atom. The van der Waals surface area contributed by atoms with Crippen LogP contribution in [0.3, 0.4) is 0 Å². The van der Waals surface area contributed by atoms with Crippen LogP contribution in [0.4, 0.5) is 5.69 Å². The van der Waals surface area contributed by atoms with Gasteiger partial charge in [-0.05, 0) is 31.0 Å². The Morgan fingerprint density at radius 1 is 1.33 bits per heavy atom. The van der Waals surface area contributed by atoms with Crippen molar-refractivity contribution in [2.75, 3.05) is 23.0 Å². The zero-order valence-corrected chi connectivity index (χ0v) is 12.3. The standard InChI is InChI=1S/C12H19NO3S2/c1-3-18(15,16)8-4-7-17(14)12-6-5-10(2)9-11(12)13/h5-6,9H,3-4,7-8,13H2,1-2H3. The van der Waals surface area contributed by atoms with E-state index in [1.54, 1.807) is 19.1 Å². The van der Waals surface area contributed by atoms with Gasteiger partial charge in [0.25, 0.3) is 0 Å². The summed E-state index contributed by atoms with van der Waals surface area (Å²) < 4.78 is 34.6. The van der Waals surface area contributed by atoms with Gasteiger partial charge in [-0.15, -0.1) is 0 Å². The maximum Gasteiger partial charge on any atom is 0.150 e. The molecule has 0 bridgehead atoms. The Morgan fingerprint density at radius 2 is 2.00 bits per heavy atom. The fraction of sp³-hybridized carbons (Fsp3) is 0.500. The first-order chi connectivity index (χ1) is 8.35. The molecule has 0 aliphatic rings. The van der Waals surface area contributed by atoms with Crippen LogP contribution in [0.15, 0.2) is 23.1 Å². The highest BCUT2D eigenvalue weighted by atomic mass is 32.2. The molecule has 0 saturated carbocycles. The predicted molar refractivity (Wildman–Crippen MR) is 75.8 cm³/mol. The lowest BCUT2D eigenvalue weighted by molar-refractivity contribution is 0.596. The van der Waals surface area contributed by atoms with Crippen molar-refractivity contribution < 1.29 is 12.6 Å². The quantitative estimate of drug-likeness (QED) is 0.805. The first-order valence-electron chi connectivity index (χ1n) is 5.80. The third-order valence-corrected chi connectivity index (χ3v) is 5.95. The van der Waals surface area contributed by atoms with Gasteiger partial charge < -0.3 is 5.73 Å². The van der Waals surface area contributed by atoms with Crippen molar-refractivity contribution in [3.05, 3.63) is 23.8 Å². The summed E-state index contributed by atoms with van der Waals surface area (Å²) in [4.78, 5) is 0.592. The van der Waals surface area contributed by atoms with Crippen LogP contribution in [0, 0.1) is 6.92 Å². The molecule has 0 aromatic heterocycles. The second-order valence-corrected chi connectivity index (χ2v) is 8.19. The fourth-order valence-corrected chi connectivity index (χ4v) is 3.76. The zero-order chi connectivity index (χ0) is 13.8. The Bertz CT molecular complexity index is 538. The van der Waals surface area contributed by atoms with Gasteiger partial charge in [0.2, 0.25) is 0 Å². The molecule has 0 aliphatic carbocycles. The number of hydrogen-bond donors (Lipinski definition) is 1. The number of aryl methyl sites for hydroxylation is 1. The van der Waals surface area contributed by atoms with Gasteiger partial charge in [-0.3, -0.25) is 4.21 Å². The highest BCUT2D eigenvalue weighted by Gasteiger charge is 2.11. The molecule has 18 heavy (non-hydrogen) atoms. The van der Waals surface area contributed by atoms with Gasteiger partial charge in [0.05, 0.1) is 21.4 Å². The number of nitrogens with two attached hydrogens (primary N) is 1. The molecule has 102 valence electrons. The van der Waals surface area contributed by atoms with Crippen LogP contribution >= 0.6 is 0 Å². The lowest BCUT2D eigenvalue weighted by Crippen LogP contribution is -2.12. The Kier molecular flexibility index (Phi) is 5.34. The molecule has 0 heterocycles. The molecule has 0 aliphatic heterocycles. The molecular formula is C12H19NO3S2. The van der Waals surface area contributed by atoms with Crippen LogP contribution < -0.4 is 5.73 Å². The molecule has 4 nitrogen and oxygen atoms in total. The second kappa shape index (κ2) is 6.33. The molecule has 2 N–H and O–H groups in total. The van der Waals surface area contributed by atoms with E-state index in [9.17, 15) is 12.6 Å². The van der Waals surface area contributed by atoms with Crippen molar-refractivity contribution in [2.24, 2.45) is 0 Å². The van der Waals surface area contributed by atoms with Crippen LogP contribution in [-0.4, -0.2) is 29.9 Å². The van der Waals surface area contributed by atoms with E-state index in [-0.39, 0.29) is 11.5 Å². The van der Waals surface area contributed by atoms with E-state index >= 15 is 0 Å². The molecule has 0 fully saturated rings. The molecule has 0 radical (unpaired) electrons. The minimum atomic E-state index is -2.98.